The van der Waals surface area contributed by atoms with E-state index in [9.17, 15) is 9.59 Å². The maximum atomic E-state index is 12.6. The summed E-state index contributed by atoms with van der Waals surface area (Å²) < 4.78 is 5.53. The summed E-state index contributed by atoms with van der Waals surface area (Å²) in [5.41, 5.74) is 5.43. The molecule has 0 saturated carbocycles. The molecule has 1 atom stereocenters. The molecule has 2 amide bonds. The Morgan fingerprint density at radius 1 is 1.06 bits per heavy atom. The minimum atomic E-state index is -0.650. The van der Waals surface area contributed by atoms with Crippen molar-refractivity contribution in [3.8, 4) is 0 Å². The minimum Gasteiger partial charge on any atom is -0.379 e. The van der Waals surface area contributed by atoms with Crippen LogP contribution in [0, 0.1) is 6.92 Å². The first-order valence-electron chi connectivity index (χ1n) is 11.3. The fraction of sp³-hybridized carbons (Fsp3) is 0.440. The van der Waals surface area contributed by atoms with Gasteiger partial charge in [0.25, 0.3) is 0 Å². The number of hydrogen-bond donors (Lipinski definition) is 2. The molecule has 0 bridgehead atoms. The molecular formula is C25H32N4O3. The van der Waals surface area contributed by atoms with E-state index < -0.39 is 11.8 Å². The molecule has 2 aromatic carbocycles. The van der Waals surface area contributed by atoms with E-state index in [1.807, 2.05) is 25.1 Å². The zero-order valence-electron chi connectivity index (χ0n) is 18.9. The van der Waals surface area contributed by atoms with E-state index in [1.165, 1.54) is 16.8 Å². The van der Waals surface area contributed by atoms with Gasteiger partial charge >= 0.3 is 11.8 Å². The van der Waals surface area contributed by atoms with Crippen LogP contribution in [0.3, 0.4) is 0 Å². The van der Waals surface area contributed by atoms with Crippen molar-refractivity contribution in [3.05, 3.63) is 59.2 Å². The van der Waals surface area contributed by atoms with E-state index >= 15 is 0 Å². The van der Waals surface area contributed by atoms with Gasteiger partial charge < -0.3 is 20.3 Å². The van der Waals surface area contributed by atoms with Crippen molar-refractivity contribution < 1.29 is 14.3 Å². The van der Waals surface area contributed by atoms with E-state index in [-0.39, 0.29) is 6.04 Å². The van der Waals surface area contributed by atoms with Gasteiger partial charge in [-0.25, -0.2) is 0 Å². The topological polar surface area (TPSA) is 73.9 Å². The largest absolute Gasteiger partial charge is 0.379 e. The van der Waals surface area contributed by atoms with Gasteiger partial charge in [0.05, 0.1) is 19.3 Å². The van der Waals surface area contributed by atoms with Crippen molar-refractivity contribution in [2.75, 3.05) is 56.7 Å². The summed E-state index contributed by atoms with van der Waals surface area (Å²) in [6.07, 6.45) is 2.21. The fourth-order valence-corrected chi connectivity index (χ4v) is 4.54. The maximum Gasteiger partial charge on any atom is 0.313 e. The molecule has 0 aromatic heterocycles. The van der Waals surface area contributed by atoms with Gasteiger partial charge in [-0.3, -0.25) is 14.5 Å². The minimum absolute atomic E-state index is 0.00727. The van der Waals surface area contributed by atoms with Crippen LogP contribution >= 0.6 is 0 Å². The second-order valence-corrected chi connectivity index (χ2v) is 8.61. The number of hydrogen-bond acceptors (Lipinski definition) is 5. The molecule has 0 radical (unpaired) electrons. The van der Waals surface area contributed by atoms with Gasteiger partial charge in [0, 0.05) is 44.6 Å². The van der Waals surface area contributed by atoms with Crippen molar-refractivity contribution in [2.45, 2.75) is 25.8 Å². The molecule has 0 unspecified atom stereocenters. The lowest BCUT2D eigenvalue weighted by molar-refractivity contribution is -0.136. The molecule has 1 saturated heterocycles. The number of morpholine rings is 1. The summed E-state index contributed by atoms with van der Waals surface area (Å²) in [5.74, 6) is -1.27. The number of carbonyl (C=O) groups is 2. The Morgan fingerprint density at radius 2 is 1.88 bits per heavy atom. The Kier molecular flexibility index (Phi) is 7.07. The molecule has 2 aliphatic heterocycles. The first-order valence-corrected chi connectivity index (χ1v) is 11.3. The number of amides is 2. The Hall–Kier alpha value is -2.90. The third-order valence-corrected chi connectivity index (χ3v) is 6.26. The second kappa shape index (κ2) is 10.1. The molecule has 1 fully saturated rings. The molecule has 7 heteroatoms. The summed E-state index contributed by atoms with van der Waals surface area (Å²) >= 11 is 0. The van der Waals surface area contributed by atoms with Gasteiger partial charge in [0.1, 0.15) is 0 Å². The lowest BCUT2D eigenvalue weighted by Gasteiger charge is -2.36. The van der Waals surface area contributed by atoms with Gasteiger partial charge in [0.2, 0.25) is 0 Å². The Morgan fingerprint density at radius 3 is 2.66 bits per heavy atom. The van der Waals surface area contributed by atoms with Crippen LogP contribution in [0.2, 0.25) is 0 Å². The zero-order valence-corrected chi connectivity index (χ0v) is 18.9. The lowest BCUT2D eigenvalue weighted by Crippen LogP contribution is -2.45. The predicted molar refractivity (Wildman–Crippen MR) is 126 cm³/mol. The molecule has 2 aromatic rings. The Labute approximate surface area is 189 Å². The highest BCUT2D eigenvalue weighted by molar-refractivity contribution is 6.39. The Balaban J connectivity index is 1.46. The molecule has 2 heterocycles. The van der Waals surface area contributed by atoms with Gasteiger partial charge in [-0.2, -0.15) is 0 Å². The van der Waals surface area contributed by atoms with Crippen LogP contribution in [0.15, 0.2) is 42.5 Å². The summed E-state index contributed by atoms with van der Waals surface area (Å²) in [6, 6.07) is 14.0. The lowest BCUT2D eigenvalue weighted by atomic mass is 9.95. The van der Waals surface area contributed by atoms with Gasteiger partial charge in [-0.1, -0.05) is 24.3 Å². The highest BCUT2D eigenvalue weighted by atomic mass is 16.5. The second-order valence-electron chi connectivity index (χ2n) is 8.61. The third kappa shape index (κ3) is 5.29. The molecular weight excluding hydrogens is 404 g/mol. The van der Waals surface area contributed by atoms with Crippen molar-refractivity contribution in [2.24, 2.45) is 0 Å². The predicted octanol–water partition coefficient (Wildman–Crippen LogP) is 2.51. The Bertz CT molecular complexity index is 971. The molecule has 2 N–H and O–H groups in total. The van der Waals surface area contributed by atoms with Crippen molar-refractivity contribution in [3.63, 3.8) is 0 Å². The van der Waals surface area contributed by atoms with Crippen LogP contribution in [-0.2, 0) is 20.7 Å². The molecule has 7 nitrogen and oxygen atoms in total. The smallest absolute Gasteiger partial charge is 0.313 e. The summed E-state index contributed by atoms with van der Waals surface area (Å²) in [4.78, 5) is 29.6. The number of fused-ring (bicyclic) bond motifs is 1. The SMILES string of the molecule is Cc1cccc(NC(=O)C(=O)NC[C@@H](c2ccc3c(c2)CCCN3C)N2CCOCC2)c1. The van der Waals surface area contributed by atoms with Crippen LogP contribution in [0.4, 0.5) is 11.4 Å². The van der Waals surface area contributed by atoms with Crippen LogP contribution in [0.5, 0.6) is 0 Å². The van der Waals surface area contributed by atoms with Crippen LogP contribution in [0.1, 0.15) is 29.2 Å². The van der Waals surface area contributed by atoms with E-state index in [0.717, 1.165) is 38.0 Å². The summed E-state index contributed by atoms with van der Waals surface area (Å²) in [5, 5.41) is 5.54. The summed E-state index contributed by atoms with van der Waals surface area (Å²) in [7, 11) is 2.13. The van der Waals surface area contributed by atoms with Gasteiger partial charge in [-0.05, 0) is 54.7 Å². The van der Waals surface area contributed by atoms with Gasteiger partial charge in [0.15, 0.2) is 0 Å². The molecule has 2 aliphatic rings. The first kappa shape index (κ1) is 22.3. The van der Waals surface area contributed by atoms with Crippen LogP contribution in [0.25, 0.3) is 0 Å². The van der Waals surface area contributed by atoms with E-state index in [4.69, 9.17) is 4.74 Å². The van der Waals surface area contributed by atoms with E-state index in [0.29, 0.717) is 25.4 Å². The number of carbonyl (C=O) groups excluding carboxylic acids is 2. The fourth-order valence-electron chi connectivity index (χ4n) is 4.54. The number of ether oxygens (including phenoxy) is 1. The normalized spacial score (nSPS) is 17.4. The van der Waals surface area contributed by atoms with Crippen molar-refractivity contribution in [1.82, 2.24) is 10.2 Å². The highest BCUT2D eigenvalue weighted by Crippen LogP contribution is 2.31. The van der Waals surface area contributed by atoms with E-state index in [2.05, 4.69) is 45.7 Å². The highest BCUT2D eigenvalue weighted by Gasteiger charge is 2.26. The maximum absolute atomic E-state index is 12.6. The standard InChI is InChI=1S/C25H32N4O3/c1-18-5-3-7-21(15-18)27-25(31)24(30)26-17-23(29-11-13-32-14-12-29)20-8-9-22-19(16-20)6-4-10-28(22)2/h3,5,7-9,15-16,23H,4,6,10-14,17H2,1-2H3,(H,26,30)(H,27,31)/t23-/m0/s1. The van der Waals surface area contributed by atoms with Crippen LogP contribution in [-0.4, -0.2) is 63.2 Å². The number of anilines is 2. The number of nitrogens with zero attached hydrogens (tertiary/aromatic N) is 2. The molecule has 170 valence electrons. The van der Waals surface area contributed by atoms with Gasteiger partial charge in [-0.15, -0.1) is 0 Å². The van der Waals surface area contributed by atoms with E-state index in [1.54, 1.807) is 6.07 Å². The molecule has 32 heavy (non-hydrogen) atoms. The number of nitrogens with one attached hydrogen (secondary N) is 2. The average molecular weight is 437 g/mol. The molecule has 4 rings (SSSR count). The zero-order chi connectivity index (χ0) is 22.5. The number of benzene rings is 2. The van der Waals surface area contributed by atoms with Crippen LogP contribution < -0.4 is 15.5 Å². The third-order valence-electron chi connectivity index (χ3n) is 6.26. The molecule has 0 aliphatic carbocycles. The number of aryl methyl sites for hydroxylation is 2. The van der Waals surface area contributed by atoms with Crippen molar-refractivity contribution in [1.29, 1.82) is 0 Å². The summed E-state index contributed by atoms with van der Waals surface area (Å²) in [6.45, 7) is 6.33. The number of rotatable bonds is 5. The molecule has 0 spiro atoms. The quantitative estimate of drug-likeness (QED) is 0.705. The average Bonchev–Trinajstić information content (AvgIpc) is 2.80. The monoisotopic (exact) mass is 436 g/mol. The van der Waals surface area contributed by atoms with Crippen molar-refractivity contribution >= 4 is 23.2 Å². The first-order chi connectivity index (χ1) is 15.5.